The van der Waals surface area contributed by atoms with Crippen LogP contribution in [0, 0.1) is 14.3 Å². The molecule has 0 aliphatic carbocycles. The number of hydrogen-bond donors (Lipinski definition) is 0. The van der Waals surface area contributed by atoms with Gasteiger partial charge < -0.3 is 0 Å². The summed E-state index contributed by atoms with van der Waals surface area (Å²) in [4.78, 5) is 15.0. The molecule has 1 aromatic carbocycles. The Hall–Kier alpha value is -0.440. The quantitative estimate of drug-likeness (QED) is 0.534. The number of rotatable bonds is 2. The van der Waals surface area contributed by atoms with Gasteiger partial charge in [0.25, 0.3) is 0 Å². The van der Waals surface area contributed by atoms with E-state index in [1.807, 2.05) is 29.7 Å². The monoisotopic (exact) mass is 438 g/mol. The number of aryl methyl sites for hydroxylation is 1. The van der Waals surface area contributed by atoms with Gasteiger partial charge in [-0.15, -0.1) is 0 Å². The first-order valence-electron chi connectivity index (χ1n) is 4.58. The summed E-state index contributed by atoms with van der Waals surface area (Å²) in [6, 6.07) is 5.75. The lowest BCUT2D eigenvalue weighted by atomic mass is 10.1. The molecule has 0 fully saturated rings. The van der Waals surface area contributed by atoms with Crippen LogP contribution in [-0.2, 0) is 0 Å². The molecule has 0 atom stereocenters. The van der Waals surface area contributed by atoms with Crippen molar-refractivity contribution in [3.8, 4) is 5.69 Å². The second kappa shape index (κ2) is 4.82. The Labute approximate surface area is 121 Å². The molecule has 0 amide bonds. The van der Waals surface area contributed by atoms with Crippen LogP contribution in [0.4, 0.5) is 0 Å². The minimum Gasteiger partial charge on any atom is -0.298 e. The van der Waals surface area contributed by atoms with Crippen molar-refractivity contribution in [3.63, 3.8) is 0 Å². The van der Waals surface area contributed by atoms with Gasteiger partial charge in [-0.3, -0.25) is 9.36 Å². The maximum Gasteiger partial charge on any atom is 0.150 e. The summed E-state index contributed by atoms with van der Waals surface area (Å²) in [5, 5.41) is 0. The second-order valence-corrected chi connectivity index (χ2v) is 5.40. The molecule has 0 aliphatic heterocycles. The molecule has 16 heavy (non-hydrogen) atoms. The Morgan fingerprint density at radius 2 is 2.12 bits per heavy atom. The molecule has 1 aromatic heterocycles. The molecule has 1 heterocycles. The summed E-state index contributed by atoms with van der Waals surface area (Å²) in [7, 11) is 0. The number of nitrogens with zero attached hydrogens (tertiary/aromatic N) is 2. The molecular weight excluding hydrogens is 430 g/mol. The Bertz CT molecular complexity index is 549. The van der Waals surface area contributed by atoms with Crippen LogP contribution in [0.1, 0.15) is 15.9 Å². The van der Waals surface area contributed by atoms with Gasteiger partial charge in [0.2, 0.25) is 0 Å². The number of halogens is 2. The molecule has 0 N–H and O–H groups in total. The van der Waals surface area contributed by atoms with Crippen LogP contribution < -0.4 is 0 Å². The molecule has 0 aliphatic rings. The molecule has 0 spiro atoms. The van der Waals surface area contributed by atoms with Gasteiger partial charge in [-0.2, -0.15) is 0 Å². The summed E-state index contributed by atoms with van der Waals surface area (Å²) in [6.45, 7) is 1.93. The Morgan fingerprint density at radius 1 is 1.38 bits per heavy atom. The smallest absolute Gasteiger partial charge is 0.150 e. The van der Waals surface area contributed by atoms with E-state index in [2.05, 4.69) is 50.2 Å². The standard InChI is InChI=1S/C11H8I2N2O/c1-7-4-9(3-2-8(7)5-16)15-6-14-10(12)11(15)13/h2-6H,1H3. The van der Waals surface area contributed by atoms with Crippen molar-refractivity contribution in [2.24, 2.45) is 0 Å². The maximum absolute atomic E-state index is 10.7. The lowest BCUT2D eigenvalue weighted by Gasteiger charge is -2.06. The van der Waals surface area contributed by atoms with Gasteiger partial charge in [0.15, 0.2) is 0 Å². The van der Waals surface area contributed by atoms with Gasteiger partial charge in [-0.1, -0.05) is 0 Å². The minimum absolute atomic E-state index is 0.730. The number of carbonyl (C=O) groups excluding carboxylic acids is 1. The number of benzene rings is 1. The highest BCUT2D eigenvalue weighted by Gasteiger charge is 2.07. The van der Waals surface area contributed by atoms with Crippen molar-refractivity contribution >= 4 is 51.5 Å². The third-order valence-electron chi connectivity index (χ3n) is 2.33. The van der Waals surface area contributed by atoms with Crippen LogP contribution >= 0.6 is 45.2 Å². The van der Waals surface area contributed by atoms with Crippen LogP contribution in [-0.4, -0.2) is 15.8 Å². The fourth-order valence-corrected chi connectivity index (χ4v) is 2.36. The Balaban J connectivity index is 2.53. The number of hydrogen-bond acceptors (Lipinski definition) is 2. The van der Waals surface area contributed by atoms with Crippen LogP contribution in [0.15, 0.2) is 24.5 Å². The fraction of sp³-hybridized carbons (Fsp3) is 0.0909. The van der Waals surface area contributed by atoms with Crippen molar-refractivity contribution in [1.82, 2.24) is 9.55 Å². The number of aromatic nitrogens is 2. The summed E-state index contributed by atoms with van der Waals surface area (Å²) in [5.74, 6) is 0. The lowest BCUT2D eigenvalue weighted by molar-refractivity contribution is 0.112. The lowest BCUT2D eigenvalue weighted by Crippen LogP contribution is -1.97. The first-order valence-corrected chi connectivity index (χ1v) is 6.74. The van der Waals surface area contributed by atoms with E-state index in [0.717, 1.165) is 30.5 Å². The number of aldehydes is 1. The maximum atomic E-state index is 10.7. The SMILES string of the molecule is Cc1cc(-n2cnc(I)c2I)ccc1C=O. The average Bonchev–Trinajstić information content (AvgIpc) is 2.60. The first-order chi connectivity index (χ1) is 7.63. The van der Waals surface area contributed by atoms with Gasteiger partial charge in [0, 0.05) is 11.3 Å². The van der Waals surface area contributed by atoms with Gasteiger partial charge >= 0.3 is 0 Å². The summed E-state index contributed by atoms with van der Waals surface area (Å²) < 4.78 is 4.07. The van der Waals surface area contributed by atoms with E-state index in [0.29, 0.717) is 0 Å². The third kappa shape index (κ3) is 2.15. The molecule has 3 nitrogen and oxygen atoms in total. The molecule has 0 unspecified atom stereocenters. The van der Waals surface area contributed by atoms with Crippen molar-refractivity contribution in [2.45, 2.75) is 6.92 Å². The zero-order chi connectivity index (χ0) is 11.7. The molecule has 82 valence electrons. The van der Waals surface area contributed by atoms with Crippen molar-refractivity contribution < 1.29 is 4.79 Å². The Morgan fingerprint density at radius 3 is 2.62 bits per heavy atom. The summed E-state index contributed by atoms with van der Waals surface area (Å²) in [6.07, 6.45) is 2.67. The highest BCUT2D eigenvalue weighted by molar-refractivity contribution is 14.1. The predicted molar refractivity (Wildman–Crippen MR) is 79.1 cm³/mol. The van der Waals surface area contributed by atoms with E-state index in [9.17, 15) is 4.79 Å². The third-order valence-corrected chi connectivity index (χ3v) is 5.18. The van der Waals surface area contributed by atoms with E-state index < -0.39 is 0 Å². The van der Waals surface area contributed by atoms with E-state index in [4.69, 9.17) is 0 Å². The van der Waals surface area contributed by atoms with Gasteiger partial charge in [-0.25, -0.2) is 4.98 Å². The fourth-order valence-electron chi connectivity index (χ4n) is 1.43. The number of carbonyl (C=O) groups is 1. The van der Waals surface area contributed by atoms with Crippen molar-refractivity contribution in [3.05, 3.63) is 43.1 Å². The van der Waals surface area contributed by atoms with E-state index in [1.165, 1.54) is 0 Å². The molecule has 0 saturated heterocycles. The summed E-state index contributed by atoms with van der Waals surface area (Å²) >= 11 is 4.46. The van der Waals surface area contributed by atoms with E-state index >= 15 is 0 Å². The summed E-state index contributed by atoms with van der Waals surface area (Å²) in [5.41, 5.74) is 2.74. The molecule has 2 rings (SSSR count). The largest absolute Gasteiger partial charge is 0.298 e. The molecule has 2 aromatic rings. The second-order valence-electron chi connectivity index (χ2n) is 3.35. The van der Waals surface area contributed by atoms with E-state index in [-0.39, 0.29) is 0 Å². The first kappa shape index (κ1) is 12.0. The molecular formula is C11H8I2N2O. The molecule has 0 bridgehead atoms. The van der Waals surface area contributed by atoms with Crippen molar-refractivity contribution in [2.75, 3.05) is 0 Å². The average molecular weight is 438 g/mol. The normalized spacial score (nSPS) is 10.4. The zero-order valence-corrected chi connectivity index (χ0v) is 12.8. The van der Waals surface area contributed by atoms with Crippen LogP contribution in [0.5, 0.6) is 0 Å². The van der Waals surface area contributed by atoms with Crippen LogP contribution in [0.2, 0.25) is 0 Å². The predicted octanol–water partition coefficient (Wildman–Crippen LogP) is 3.20. The number of imidazole rings is 1. The van der Waals surface area contributed by atoms with Gasteiger partial charge in [-0.05, 0) is 75.9 Å². The van der Waals surface area contributed by atoms with Crippen molar-refractivity contribution in [1.29, 1.82) is 0 Å². The molecule has 0 saturated carbocycles. The van der Waals surface area contributed by atoms with Gasteiger partial charge in [0.1, 0.15) is 20.0 Å². The highest BCUT2D eigenvalue weighted by atomic mass is 127. The zero-order valence-electron chi connectivity index (χ0n) is 8.45. The topological polar surface area (TPSA) is 34.9 Å². The van der Waals surface area contributed by atoms with Crippen LogP contribution in [0.25, 0.3) is 5.69 Å². The highest BCUT2D eigenvalue weighted by Crippen LogP contribution is 2.20. The van der Waals surface area contributed by atoms with Gasteiger partial charge in [0.05, 0.1) is 0 Å². The molecule has 5 heteroatoms. The minimum atomic E-state index is 0.730. The molecule has 0 radical (unpaired) electrons. The van der Waals surface area contributed by atoms with Crippen LogP contribution in [0.3, 0.4) is 0 Å². The Kier molecular flexibility index (Phi) is 3.63. The van der Waals surface area contributed by atoms with E-state index in [1.54, 1.807) is 6.33 Å².